The molecule has 0 spiro atoms. The highest BCUT2D eigenvalue weighted by atomic mass is 16.2. The smallest absolute Gasteiger partial charge is 0.243 e. The summed E-state index contributed by atoms with van der Waals surface area (Å²) in [5.41, 5.74) is 5.31. The highest BCUT2D eigenvalue weighted by Crippen LogP contribution is 2.25. The number of rotatable bonds is 10. The lowest BCUT2D eigenvalue weighted by molar-refractivity contribution is -0.123. The zero-order valence-electron chi connectivity index (χ0n) is 19.7. The first-order chi connectivity index (χ1) is 14.7. The first-order valence-electron chi connectivity index (χ1n) is 11.2. The Hall–Kier alpha value is -2.66. The van der Waals surface area contributed by atoms with Gasteiger partial charge in [0, 0.05) is 11.7 Å². The molecule has 2 atom stereocenters. The summed E-state index contributed by atoms with van der Waals surface area (Å²) < 4.78 is 0. The molecule has 0 unspecified atom stereocenters. The molecule has 0 aromatic heterocycles. The van der Waals surface area contributed by atoms with E-state index in [-0.39, 0.29) is 30.9 Å². The summed E-state index contributed by atoms with van der Waals surface area (Å²) in [6.45, 7) is 12.7. The summed E-state index contributed by atoms with van der Waals surface area (Å²) in [5.74, 6) is 0.444. The van der Waals surface area contributed by atoms with Crippen LogP contribution in [0.15, 0.2) is 42.5 Å². The summed E-state index contributed by atoms with van der Waals surface area (Å²) in [6.07, 6.45) is 1.11. The number of hydrogen-bond donors (Lipinski definition) is 3. The van der Waals surface area contributed by atoms with Crippen LogP contribution >= 0.6 is 0 Å². The molecule has 0 heterocycles. The van der Waals surface area contributed by atoms with Gasteiger partial charge in [-0.2, -0.15) is 0 Å². The van der Waals surface area contributed by atoms with Gasteiger partial charge >= 0.3 is 0 Å². The van der Waals surface area contributed by atoms with E-state index < -0.39 is 0 Å². The first-order valence-corrected chi connectivity index (χ1v) is 11.2. The molecule has 0 aliphatic carbocycles. The monoisotopic (exact) mass is 423 g/mol. The Bertz CT molecular complexity index is 854. The zero-order chi connectivity index (χ0) is 23.0. The fourth-order valence-corrected chi connectivity index (χ4v) is 3.65. The van der Waals surface area contributed by atoms with Crippen molar-refractivity contribution in [3.8, 4) is 0 Å². The Morgan fingerprint density at radius 1 is 0.839 bits per heavy atom. The molecule has 0 saturated heterocycles. The van der Waals surface area contributed by atoms with Gasteiger partial charge in [0.25, 0.3) is 0 Å². The fraction of sp³-hybridized carbons (Fsp3) is 0.462. The number of carbonyl (C=O) groups is 2. The van der Waals surface area contributed by atoms with E-state index in [0.717, 1.165) is 23.2 Å². The van der Waals surface area contributed by atoms with Crippen LogP contribution in [0.1, 0.15) is 68.3 Å². The summed E-state index contributed by atoms with van der Waals surface area (Å²) in [6, 6.07) is 14.6. The van der Waals surface area contributed by atoms with Gasteiger partial charge in [-0.1, -0.05) is 70.2 Å². The molecule has 5 nitrogen and oxygen atoms in total. The largest absolute Gasteiger partial charge is 0.346 e. The van der Waals surface area contributed by atoms with Crippen LogP contribution in [0.3, 0.4) is 0 Å². The van der Waals surface area contributed by atoms with Crippen molar-refractivity contribution in [3.05, 3.63) is 64.7 Å². The molecule has 168 valence electrons. The van der Waals surface area contributed by atoms with Crippen LogP contribution in [0.4, 0.5) is 5.69 Å². The molecule has 31 heavy (non-hydrogen) atoms. The molecular formula is C26H37N3O2. The highest BCUT2D eigenvalue weighted by molar-refractivity contribution is 5.95. The maximum Gasteiger partial charge on any atom is 0.243 e. The second-order valence-electron chi connectivity index (χ2n) is 8.67. The molecule has 0 aliphatic heterocycles. The molecule has 3 N–H and O–H groups in total. The number of anilines is 1. The van der Waals surface area contributed by atoms with Gasteiger partial charge in [0.2, 0.25) is 11.8 Å². The van der Waals surface area contributed by atoms with Crippen molar-refractivity contribution in [2.24, 2.45) is 5.92 Å². The van der Waals surface area contributed by atoms with Gasteiger partial charge in [-0.3, -0.25) is 9.59 Å². The van der Waals surface area contributed by atoms with Crippen LogP contribution in [0, 0.1) is 19.8 Å². The van der Waals surface area contributed by atoms with E-state index in [4.69, 9.17) is 0 Å². The third kappa shape index (κ3) is 7.21. The van der Waals surface area contributed by atoms with E-state index in [2.05, 4.69) is 67.9 Å². The van der Waals surface area contributed by atoms with Gasteiger partial charge in [0.15, 0.2) is 0 Å². The lowest BCUT2D eigenvalue weighted by Crippen LogP contribution is -2.40. The minimum absolute atomic E-state index is 0.0514. The molecule has 0 aliphatic rings. The number of amides is 2. The molecule has 2 amide bonds. The van der Waals surface area contributed by atoms with E-state index in [1.54, 1.807) is 0 Å². The van der Waals surface area contributed by atoms with E-state index in [9.17, 15) is 9.59 Å². The molecule has 5 heteroatoms. The summed E-state index contributed by atoms with van der Waals surface area (Å²) in [7, 11) is 0. The maximum atomic E-state index is 12.3. The van der Waals surface area contributed by atoms with E-state index >= 15 is 0 Å². The highest BCUT2D eigenvalue weighted by Gasteiger charge is 2.17. The Kier molecular flexibility index (Phi) is 9.25. The van der Waals surface area contributed by atoms with Crippen LogP contribution in [-0.2, 0) is 9.59 Å². The Labute approximate surface area is 187 Å². The van der Waals surface area contributed by atoms with Gasteiger partial charge in [0.05, 0.1) is 13.1 Å². The third-order valence-electron chi connectivity index (χ3n) is 5.82. The summed E-state index contributed by atoms with van der Waals surface area (Å²) in [5, 5.41) is 8.94. The molecule has 2 aromatic carbocycles. The lowest BCUT2D eigenvalue weighted by atomic mass is 9.92. The van der Waals surface area contributed by atoms with Gasteiger partial charge in [-0.25, -0.2) is 0 Å². The number of benzene rings is 2. The quantitative estimate of drug-likeness (QED) is 0.511. The standard InChI is InChI=1S/C26H37N3O2/c1-7-18(4)21-11-13-22(14-12-21)25(17(2)3)28-15-23(30)27-16-24(31)29-26-19(5)9-8-10-20(26)6/h8-14,17-18,25,28H,7,15-16H2,1-6H3,(H,27,30)(H,29,31)/t18-,25-/m1/s1. The molecule has 2 rings (SSSR count). The first kappa shape index (κ1) is 24.6. The molecule has 0 bridgehead atoms. The van der Waals surface area contributed by atoms with E-state index in [1.807, 2.05) is 32.0 Å². The number of para-hydroxylation sites is 1. The lowest BCUT2D eigenvalue weighted by Gasteiger charge is -2.23. The molecule has 2 aromatic rings. The molecule has 0 saturated carbocycles. The second kappa shape index (κ2) is 11.7. The Balaban J connectivity index is 1.87. The zero-order valence-corrected chi connectivity index (χ0v) is 19.7. The van der Waals surface area contributed by atoms with Crippen LogP contribution in [0.25, 0.3) is 0 Å². The van der Waals surface area contributed by atoms with Crippen molar-refractivity contribution in [1.82, 2.24) is 10.6 Å². The van der Waals surface area contributed by atoms with Crippen LogP contribution in [0.2, 0.25) is 0 Å². The molecule has 0 fully saturated rings. The van der Waals surface area contributed by atoms with Crippen LogP contribution in [-0.4, -0.2) is 24.9 Å². The molecular weight excluding hydrogens is 386 g/mol. The summed E-state index contributed by atoms with van der Waals surface area (Å²) in [4.78, 5) is 24.6. The average Bonchev–Trinajstić information content (AvgIpc) is 2.74. The normalized spacial score (nSPS) is 13.0. The summed E-state index contributed by atoms with van der Waals surface area (Å²) >= 11 is 0. The second-order valence-corrected chi connectivity index (χ2v) is 8.67. The minimum atomic E-state index is -0.230. The Morgan fingerprint density at radius 2 is 1.42 bits per heavy atom. The van der Waals surface area contributed by atoms with Crippen LogP contribution < -0.4 is 16.0 Å². The predicted molar refractivity (Wildman–Crippen MR) is 128 cm³/mol. The number of nitrogens with one attached hydrogen (secondary N) is 3. The average molecular weight is 424 g/mol. The van der Waals surface area contributed by atoms with E-state index in [0.29, 0.717) is 11.8 Å². The Morgan fingerprint density at radius 3 is 1.97 bits per heavy atom. The van der Waals surface area contributed by atoms with Gasteiger partial charge in [-0.05, 0) is 54.4 Å². The number of carbonyl (C=O) groups excluding carboxylic acids is 2. The SMILES string of the molecule is CC[C@@H](C)c1ccc([C@H](NCC(=O)NCC(=O)Nc2c(C)cccc2C)C(C)C)cc1. The molecule has 0 radical (unpaired) electrons. The minimum Gasteiger partial charge on any atom is -0.346 e. The van der Waals surface area contributed by atoms with Crippen molar-refractivity contribution >= 4 is 17.5 Å². The van der Waals surface area contributed by atoms with Crippen molar-refractivity contribution in [1.29, 1.82) is 0 Å². The predicted octanol–water partition coefficient (Wildman–Crippen LogP) is 4.86. The number of hydrogen-bond acceptors (Lipinski definition) is 3. The van der Waals surface area contributed by atoms with Gasteiger partial charge < -0.3 is 16.0 Å². The fourth-order valence-electron chi connectivity index (χ4n) is 3.65. The topological polar surface area (TPSA) is 70.2 Å². The maximum absolute atomic E-state index is 12.3. The van der Waals surface area contributed by atoms with Crippen molar-refractivity contribution < 1.29 is 9.59 Å². The van der Waals surface area contributed by atoms with Crippen molar-refractivity contribution in [2.75, 3.05) is 18.4 Å². The van der Waals surface area contributed by atoms with E-state index in [1.165, 1.54) is 11.1 Å². The van der Waals surface area contributed by atoms with Crippen molar-refractivity contribution in [3.63, 3.8) is 0 Å². The number of aryl methyl sites for hydroxylation is 2. The van der Waals surface area contributed by atoms with Gasteiger partial charge in [-0.15, -0.1) is 0 Å². The van der Waals surface area contributed by atoms with Gasteiger partial charge in [0.1, 0.15) is 0 Å². The van der Waals surface area contributed by atoms with Crippen LogP contribution in [0.5, 0.6) is 0 Å². The van der Waals surface area contributed by atoms with Crippen molar-refractivity contribution in [2.45, 2.75) is 59.9 Å². The third-order valence-corrected chi connectivity index (χ3v) is 5.82.